The maximum Gasteiger partial charge on any atom is 0.213 e. The number of rotatable bonds is 2. The van der Waals surface area contributed by atoms with Gasteiger partial charge in [0.2, 0.25) is 15.0 Å². The molecule has 0 atom stereocenters. The van der Waals surface area contributed by atoms with E-state index < -0.39 is 9.84 Å². The molecule has 0 bridgehead atoms. The van der Waals surface area contributed by atoms with Crippen LogP contribution in [0.5, 0.6) is 0 Å². The van der Waals surface area contributed by atoms with E-state index >= 15 is 0 Å². The van der Waals surface area contributed by atoms with Crippen molar-refractivity contribution in [2.75, 3.05) is 0 Å². The number of sulfone groups is 1. The SMILES string of the molecule is Cn1nnnc1SC1=CS(=O)(=O)c2ccccc21. The van der Waals surface area contributed by atoms with Gasteiger partial charge in [-0.3, -0.25) is 0 Å². The van der Waals surface area contributed by atoms with Crippen molar-refractivity contribution in [3.63, 3.8) is 0 Å². The van der Waals surface area contributed by atoms with Gasteiger partial charge in [-0.15, -0.1) is 5.10 Å². The van der Waals surface area contributed by atoms with Crippen molar-refractivity contribution in [2.45, 2.75) is 10.1 Å². The highest BCUT2D eigenvalue weighted by molar-refractivity contribution is 8.09. The summed E-state index contributed by atoms with van der Waals surface area (Å²) in [5, 5.41) is 12.9. The second kappa shape index (κ2) is 3.92. The fourth-order valence-electron chi connectivity index (χ4n) is 1.67. The molecule has 0 unspecified atom stereocenters. The molecule has 18 heavy (non-hydrogen) atoms. The Morgan fingerprint density at radius 1 is 1.28 bits per heavy atom. The van der Waals surface area contributed by atoms with Gasteiger partial charge in [0.05, 0.1) is 10.3 Å². The lowest BCUT2D eigenvalue weighted by Gasteiger charge is -2.01. The monoisotopic (exact) mass is 280 g/mol. The molecule has 1 aromatic carbocycles. The van der Waals surface area contributed by atoms with Crippen LogP contribution < -0.4 is 0 Å². The highest BCUT2D eigenvalue weighted by Crippen LogP contribution is 2.42. The van der Waals surface area contributed by atoms with Gasteiger partial charge in [0.25, 0.3) is 0 Å². The molecule has 0 radical (unpaired) electrons. The number of fused-ring (bicyclic) bond motifs is 1. The van der Waals surface area contributed by atoms with E-state index in [-0.39, 0.29) is 0 Å². The number of hydrogen-bond donors (Lipinski definition) is 0. The summed E-state index contributed by atoms with van der Waals surface area (Å²) in [5.74, 6) is 0. The van der Waals surface area contributed by atoms with Gasteiger partial charge in [-0.05, 0) is 28.3 Å². The van der Waals surface area contributed by atoms with E-state index in [1.54, 1.807) is 25.2 Å². The first-order valence-electron chi connectivity index (χ1n) is 5.04. The average molecular weight is 280 g/mol. The van der Waals surface area contributed by atoms with Gasteiger partial charge < -0.3 is 0 Å². The third kappa shape index (κ3) is 1.73. The highest BCUT2D eigenvalue weighted by atomic mass is 32.2. The van der Waals surface area contributed by atoms with Crippen LogP contribution in [-0.2, 0) is 16.9 Å². The minimum Gasteiger partial charge on any atom is -0.223 e. The van der Waals surface area contributed by atoms with Crippen molar-refractivity contribution >= 4 is 26.5 Å². The smallest absolute Gasteiger partial charge is 0.213 e. The van der Waals surface area contributed by atoms with E-state index in [1.807, 2.05) is 6.07 Å². The molecule has 8 heteroatoms. The maximum absolute atomic E-state index is 11.9. The zero-order valence-electron chi connectivity index (χ0n) is 9.31. The molecule has 0 spiro atoms. The number of tetrazole rings is 1. The van der Waals surface area contributed by atoms with E-state index in [0.29, 0.717) is 20.5 Å². The molecule has 6 nitrogen and oxygen atoms in total. The Morgan fingerprint density at radius 2 is 2.06 bits per heavy atom. The van der Waals surface area contributed by atoms with E-state index in [2.05, 4.69) is 15.5 Å². The zero-order chi connectivity index (χ0) is 12.8. The van der Waals surface area contributed by atoms with Crippen molar-refractivity contribution in [3.05, 3.63) is 35.2 Å². The number of hydrogen-bond acceptors (Lipinski definition) is 6. The Hall–Kier alpha value is -1.67. The molecule has 0 aliphatic carbocycles. The maximum atomic E-state index is 11.9. The Labute approximate surface area is 108 Å². The first-order valence-corrected chi connectivity index (χ1v) is 7.40. The Morgan fingerprint density at radius 3 is 2.78 bits per heavy atom. The molecule has 2 aromatic rings. The molecule has 1 aliphatic rings. The standard InChI is InChI=1S/C10H8N4O2S2/c1-14-10(11-12-13-14)17-8-6-18(15,16)9-5-3-2-4-7(8)9/h2-6H,1H3. The Kier molecular flexibility index (Phi) is 2.49. The lowest BCUT2D eigenvalue weighted by molar-refractivity contribution is 0.605. The average Bonchev–Trinajstić information content (AvgIpc) is 2.84. The van der Waals surface area contributed by atoms with Crippen LogP contribution in [-0.4, -0.2) is 28.6 Å². The minimum atomic E-state index is -3.33. The van der Waals surface area contributed by atoms with Crippen LogP contribution in [0.4, 0.5) is 0 Å². The quantitative estimate of drug-likeness (QED) is 0.819. The summed E-state index contributed by atoms with van der Waals surface area (Å²) < 4.78 is 25.4. The fourth-order valence-corrected chi connectivity index (χ4v) is 4.33. The molecular weight excluding hydrogens is 272 g/mol. The zero-order valence-corrected chi connectivity index (χ0v) is 10.9. The number of benzene rings is 1. The van der Waals surface area contributed by atoms with E-state index in [9.17, 15) is 8.42 Å². The van der Waals surface area contributed by atoms with Crippen LogP contribution in [0.3, 0.4) is 0 Å². The molecule has 0 fully saturated rings. The molecule has 92 valence electrons. The van der Waals surface area contributed by atoms with Crippen molar-refractivity contribution < 1.29 is 8.42 Å². The van der Waals surface area contributed by atoms with Crippen LogP contribution in [0.15, 0.2) is 39.7 Å². The van der Waals surface area contributed by atoms with Gasteiger partial charge in [-0.1, -0.05) is 18.2 Å². The van der Waals surface area contributed by atoms with Crippen molar-refractivity contribution in [1.82, 2.24) is 20.2 Å². The predicted octanol–water partition coefficient (Wildman–Crippen LogP) is 1.09. The van der Waals surface area contributed by atoms with Gasteiger partial charge in [-0.25, -0.2) is 13.1 Å². The molecule has 0 saturated heterocycles. The number of nitrogens with zero attached hydrogens (tertiary/aromatic N) is 4. The number of thioether (sulfide) groups is 1. The molecule has 0 saturated carbocycles. The molecular formula is C10H8N4O2S2. The summed E-state index contributed by atoms with van der Waals surface area (Å²) in [6.45, 7) is 0. The van der Waals surface area contributed by atoms with Gasteiger partial charge in [-0.2, -0.15) is 0 Å². The van der Waals surface area contributed by atoms with E-state index in [0.717, 1.165) is 0 Å². The minimum absolute atomic E-state index is 0.336. The predicted molar refractivity (Wildman–Crippen MR) is 66.3 cm³/mol. The van der Waals surface area contributed by atoms with Crippen LogP contribution in [0.25, 0.3) is 4.91 Å². The van der Waals surface area contributed by atoms with E-state index in [1.165, 1.54) is 21.9 Å². The summed E-state index contributed by atoms with van der Waals surface area (Å²) in [7, 11) is -1.62. The van der Waals surface area contributed by atoms with Gasteiger partial charge >= 0.3 is 0 Å². The summed E-state index contributed by atoms with van der Waals surface area (Å²) >= 11 is 1.24. The van der Waals surface area contributed by atoms with Gasteiger partial charge in [0, 0.05) is 17.5 Å². The second-order valence-corrected chi connectivity index (χ2v) is 6.49. The molecule has 1 aliphatic heterocycles. The van der Waals surface area contributed by atoms with Gasteiger partial charge in [0.1, 0.15) is 0 Å². The topological polar surface area (TPSA) is 77.7 Å². The Balaban J connectivity index is 2.08. The van der Waals surface area contributed by atoms with Crippen LogP contribution in [0, 0.1) is 0 Å². The normalized spacial score (nSPS) is 16.4. The third-order valence-corrected chi connectivity index (χ3v) is 5.25. The van der Waals surface area contributed by atoms with Crippen LogP contribution in [0.1, 0.15) is 5.56 Å². The number of aryl methyl sites for hydroxylation is 1. The third-order valence-electron chi connectivity index (χ3n) is 2.50. The number of aromatic nitrogens is 4. The summed E-state index contributed by atoms with van der Waals surface area (Å²) in [5.41, 5.74) is 0.700. The first-order chi connectivity index (χ1) is 8.58. The van der Waals surface area contributed by atoms with E-state index in [4.69, 9.17) is 0 Å². The molecule has 0 amide bonds. The molecule has 2 heterocycles. The van der Waals surface area contributed by atoms with Gasteiger partial charge in [0.15, 0.2) is 0 Å². The Bertz CT molecular complexity index is 749. The van der Waals surface area contributed by atoms with Crippen molar-refractivity contribution in [3.8, 4) is 0 Å². The highest BCUT2D eigenvalue weighted by Gasteiger charge is 2.27. The lowest BCUT2D eigenvalue weighted by atomic mass is 10.2. The summed E-state index contributed by atoms with van der Waals surface area (Å²) in [4.78, 5) is 0.978. The molecule has 0 N–H and O–H groups in total. The lowest BCUT2D eigenvalue weighted by Crippen LogP contribution is -1.93. The summed E-state index contributed by atoms with van der Waals surface area (Å²) in [6, 6.07) is 6.90. The first kappa shape index (κ1) is 11.4. The largest absolute Gasteiger partial charge is 0.223 e. The molecule has 3 rings (SSSR count). The van der Waals surface area contributed by atoms with Crippen LogP contribution >= 0.6 is 11.8 Å². The van der Waals surface area contributed by atoms with Crippen LogP contribution in [0.2, 0.25) is 0 Å². The summed E-state index contributed by atoms with van der Waals surface area (Å²) in [6.07, 6.45) is 0. The fraction of sp³-hybridized carbons (Fsp3) is 0.100. The van der Waals surface area contributed by atoms with Crippen molar-refractivity contribution in [2.24, 2.45) is 7.05 Å². The van der Waals surface area contributed by atoms with Crippen molar-refractivity contribution in [1.29, 1.82) is 0 Å². The molecule has 1 aromatic heterocycles. The second-order valence-electron chi connectivity index (χ2n) is 3.71.